The van der Waals surface area contributed by atoms with Crippen molar-refractivity contribution in [3.8, 4) is 5.75 Å². The van der Waals surface area contributed by atoms with Crippen molar-refractivity contribution in [1.29, 1.82) is 0 Å². The third-order valence-corrected chi connectivity index (χ3v) is 6.29. The van der Waals surface area contributed by atoms with Crippen molar-refractivity contribution in [3.05, 3.63) is 30.0 Å². The van der Waals surface area contributed by atoms with Crippen molar-refractivity contribution >= 4 is 16.8 Å². The van der Waals surface area contributed by atoms with Gasteiger partial charge in [-0.3, -0.25) is 4.79 Å². The Morgan fingerprint density at radius 1 is 1.36 bits per heavy atom. The second-order valence-corrected chi connectivity index (χ2v) is 8.57. The molecule has 1 aromatic heterocycles. The van der Waals surface area contributed by atoms with Crippen molar-refractivity contribution < 1.29 is 19.4 Å². The molecule has 1 spiro atoms. The standard InChI is InChI=1S/C22H30N2O4/c1-14(2)20-11-15(25)13-22(28-20)7-9-24(10-8-22)21(26)18-12-16-17(23-18)5-4-6-19(16)27-3/h4-6,12,14-15,20,23,25H,7-11,13H2,1-3H3/t15-,20-/m1/s1. The van der Waals surface area contributed by atoms with Crippen molar-refractivity contribution in [2.24, 2.45) is 5.92 Å². The number of likely N-dealkylation sites (tertiary alicyclic amines) is 1. The van der Waals surface area contributed by atoms with E-state index in [1.165, 1.54) is 0 Å². The number of H-pyrrole nitrogens is 1. The number of amides is 1. The number of aromatic nitrogens is 1. The Bertz CT molecular complexity index is 851. The fraction of sp³-hybridized carbons (Fsp3) is 0.591. The summed E-state index contributed by atoms with van der Waals surface area (Å²) in [6, 6.07) is 7.62. The molecule has 2 aliphatic heterocycles. The summed E-state index contributed by atoms with van der Waals surface area (Å²) < 4.78 is 11.8. The predicted octanol–water partition coefficient (Wildman–Crippen LogP) is 3.35. The average molecular weight is 386 g/mol. The van der Waals surface area contributed by atoms with Crippen molar-refractivity contribution in [2.45, 2.75) is 57.3 Å². The topological polar surface area (TPSA) is 74.8 Å². The average Bonchev–Trinajstić information content (AvgIpc) is 3.11. The lowest BCUT2D eigenvalue weighted by molar-refractivity contribution is -0.190. The Morgan fingerprint density at radius 2 is 2.11 bits per heavy atom. The Hall–Kier alpha value is -2.05. The molecule has 0 bridgehead atoms. The van der Waals surface area contributed by atoms with Gasteiger partial charge in [-0.05, 0) is 43.4 Å². The fourth-order valence-corrected chi connectivity index (χ4v) is 4.64. The van der Waals surface area contributed by atoms with E-state index in [0.717, 1.165) is 29.5 Å². The third kappa shape index (κ3) is 3.51. The van der Waals surface area contributed by atoms with Crippen LogP contribution in [0.2, 0.25) is 0 Å². The van der Waals surface area contributed by atoms with Crippen LogP contribution in [-0.4, -0.2) is 58.9 Å². The number of carbonyl (C=O) groups is 1. The number of hydrogen-bond donors (Lipinski definition) is 2. The SMILES string of the molecule is COc1cccc2[nH]c(C(=O)N3CCC4(CC3)C[C@H](O)C[C@H](C(C)C)O4)cc12. The molecule has 0 saturated carbocycles. The van der Waals surface area contributed by atoms with Crippen LogP contribution < -0.4 is 4.74 Å². The number of fused-ring (bicyclic) bond motifs is 1. The quantitative estimate of drug-likeness (QED) is 0.848. The zero-order chi connectivity index (χ0) is 19.9. The first-order valence-electron chi connectivity index (χ1n) is 10.2. The normalized spacial score (nSPS) is 24.8. The molecule has 4 rings (SSSR count). The van der Waals surface area contributed by atoms with Crippen LogP contribution in [0.3, 0.4) is 0 Å². The maximum atomic E-state index is 13.0. The molecule has 3 heterocycles. The van der Waals surface area contributed by atoms with Gasteiger partial charge in [-0.25, -0.2) is 0 Å². The fourth-order valence-electron chi connectivity index (χ4n) is 4.64. The van der Waals surface area contributed by atoms with Crippen molar-refractivity contribution in [3.63, 3.8) is 0 Å². The number of aromatic amines is 1. The lowest BCUT2D eigenvalue weighted by atomic mass is 9.80. The highest BCUT2D eigenvalue weighted by molar-refractivity contribution is 5.99. The minimum Gasteiger partial charge on any atom is -0.496 e. The Morgan fingerprint density at radius 3 is 2.79 bits per heavy atom. The number of aliphatic hydroxyl groups excluding tert-OH is 1. The number of rotatable bonds is 3. The molecular formula is C22H30N2O4. The van der Waals surface area contributed by atoms with E-state index in [-0.39, 0.29) is 23.7 Å². The number of methoxy groups -OCH3 is 1. The van der Waals surface area contributed by atoms with E-state index in [1.807, 2.05) is 29.2 Å². The number of piperidine rings is 1. The van der Waals surface area contributed by atoms with Gasteiger partial charge in [0.1, 0.15) is 11.4 Å². The van der Waals surface area contributed by atoms with Crippen LogP contribution in [0.4, 0.5) is 0 Å². The molecule has 2 aliphatic rings. The number of hydrogen-bond acceptors (Lipinski definition) is 4. The first-order valence-corrected chi connectivity index (χ1v) is 10.2. The number of nitrogens with zero attached hydrogens (tertiary/aromatic N) is 1. The van der Waals surface area contributed by atoms with Gasteiger partial charge in [0.25, 0.3) is 5.91 Å². The largest absolute Gasteiger partial charge is 0.496 e. The van der Waals surface area contributed by atoms with Crippen molar-refractivity contribution in [2.75, 3.05) is 20.2 Å². The first kappa shape index (κ1) is 19.3. The van der Waals surface area contributed by atoms with Crippen molar-refractivity contribution in [1.82, 2.24) is 9.88 Å². The molecule has 0 aliphatic carbocycles. The lowest BCUT2D eigenvalue weighted by Crippen LogP contribution is -2.54. The Labute approximate surface area is 165 Å². The molecule has 6 heteroatoms. The summed E-state index contributed by atoms with van der Waals surface area (Å²) in [4.78, 5) is 18.2. The second-order valence-electron chi connectivity index (χ2n) is 8.57. The summed E-state index contributed by atoms with van der Waals surface area (Å²) in [5.74, 6) is 1.15. The minimum atomic E-state index is -0.315. The smallest absolute Gasteiger partial charge is 0.270 e. The van der Waals surface area contributed by atoms with Crippen LogP contribution >= 0.6 is 0 Å². The van der Waals surface area contributed by atoms with Gasteiger partial charge < -0.3 is 24.5 Å². The zero-order valence-corrected chi connectivity index (χ0v) is 16.9. The molecule has 2 aromatic rings. The summed E-state index contributed by atoms with van der Waals surface area (Å²) >= 11 is 0. The van der Waals surface area contributed by atoms with Crippen LogP contribution in [0.25, 0.3) is 10.9 Å². The van der Waals surface area contributed by atoms with Crippen LogP contribution in [0.1, 0.15) is 50.0 Å². The minimum absolute atomic E-state index is 0.00451. The highest BCUT2D eigenvalue weighted by Crippen LogP contribution is 2.39. The lowest BCUT2D eigenvalue weighted by Gasteiger charge is -2.48. The second kappa shape index (κ2) is 7.41. The maximum absolute atomic E-state index is 13.0. The molecule has 2 N–H and O–H groups in total. The first-order chi connectivity index (χ1) is 13.4. The molecule has 6 nitrogen and oxygen atoms in total. The number of nitrogens with one attached hydrogen (secondary N) is 1. The van der Waals surface area contributed by atoms with Gasteiger partial charge in [-0.15, -0.1) is 0 Å². The van der Waals surface area contributed by atoms with E-state index in [2.05, 4.69) is 18.8 Å². The van der Waals surface area contributed by atoms with E-state index >= 15 is 0 Å². The van der Waals surface area contributed by atoms with Gasteiger partial charge in [-0.1, -0.05) is 19.9 Å². The zero-order valence-electron chi connectivity index (χ0n) is 16.9. The van der Waals surface area contributed by atoms with E-state index in [1.54, 1.807) is 7.11 Å². The molecule has 2 fully saturated rings. The maximum Gasteiger partial charge on any atom is 0.270 e. The molecule has 2 atom stereocenters. The highest BCUT2D eigenvalue weighted by atomic mass is 16.5. The van der Waals surface area contributed by atoms with E-state index in [0.29, 0.717) is 37.5 Å². The highest BCUT2D eigenvalue weighted by Gasteiger charge is 2.44. The number of benzene rings is 1. The predicted molar refractivity (Wildman–Crippen MR) is 108 cm³/mol. The van der Waals surface area contributed by atoms with Gasteiger partial charge in [0.05, 0.1) is 24.9 Å². The summed E-state index contributed by atoms with van der Waals surface area (Å²) in [5, 5.41) is 11.3. The van der Waals surface area contributed by atoms with Crippen LogP contribution in [0.15, 0.2) is 24.3 Å². The van der Waals surface area contributed by atoms with Gasteiger partial charge in [0.15, 0.2) is 0 Å². The number of carbonyl (C=O) groups excluding carboxylic acids is 1. The number of aliphatic hydroxyl groups is 1. The van der Waals surface area contributed by atoms with Crippen LogP contribution in [0.5, 0.6) is 5.75 Å². The van der Waals surface area contributed by atoms with E-state index < -0.39 is 0 Å². The molecule has 0 unspecified atom stereocenters. The summed E-state index contributed by atoms with van der Waals surface area (Å²) in [6.07, 6.45) is 2.68. The van der Waals surface area contributed by atoms with E-state index in [4.69, 9.17) is 9.47 Å². The molecular weight excluding hydrogens is 356 g/mol. The van der Waals surface area contributed by atoms with Gasteiger partial charge >= 0.3 is 0 Å². The number of ether oxygens (including phenoxy) is 2. The molecule has 2 saturated heterocycles. The molecule has 28 heavy (non-hydrogen) atoms. The molecule has 152 valence electrons. The van der Waals surface area contributed by atoms with Gasteiger partial charge in [-0.2, -0.15) is 0 Å². The van der Waals surface area contributed by atoms with Crippen LogP contribution in [-0.2, 0) is 4.74 Å². The molecule has 1 amide bonds. The third-order valence-electron chi connectivity index (χ3n) is 6.29. The molecule has 1 aromatic carbocycles. The van der Waals surface area contributed by atoms with E-state index in [9.17, 15) is 9.90 Å². The summed E-state index contributed by atoms with van der Waals surface area (Å²) in [6.45, 7) is 5.56. The summed E-state index contributed by atoms with van der Waals surface area (Å²) in [5.41, 5.74) is 1.18. The van der Waals surface area contributed by atoms with Crippen LogP contribution in [0, 0.1) is 5.92 Å². The monoisotopic (exact) mass is 386 g/mol. The Balaban J connectivity index is 1.47. The summed E-state index contributed by atoms with van der Waals surface area (Å²) in [7, 11) is 1.64. The van der Waals surface area contributed by atoms with Gasteiger partial charge in [0.2, 0.25) is 0 Å². The van der Waals surface area contributed by atoms with Gasteiger partial charge in [0, 0.05) is 30.4 Å². The Kier molecular flexibility index (Phi) is 5.10. The molecule has 0 radical (unpaired) electrons.